The van der Waals surface area contributed by atoms with Crippen LogP contribution in [0.25, 0.3) is 6.08 Å². The largest absolute Gasteiger partial charge is 0.494 e. The van der Waals surface area contributed by atoms with Crippen molar-refractivity contribution in [2.45, 2.75) is 20.3 Å². The predicted octanol–water partition coefficient (Wildman–Crippen LogP) is 2.62. The zero-order valence-electron chi connectivity index (χ0n) is 10.4. The highest BCUT2D eigenvalue weighted by atomic mass is 16.5. The Hall–Kier alpha value is -1.77. The second kappa shape index (κ2) is 7.49. The van der Waals surface area contributed by atoms with Crippen molar-refractivity contribution in [1.29, 1.82) is 0 Å². The van der Waals surface area contributed by atoms with Gasteiger partial charge in [-0.1, -0.05) is 19.1 Å². The van der Waals surface area contributed by atoms with Crippen LogP contribution in [0.2, 0.25) is 0 Å². The smallest absolute Gasteiger partial charge is 0.243 e. The first-order valence-electron chi connectivity index (χ1n) is 5.95. The standard InChI is InChI=1S/C14H19NO2/c1-3-11-17-13-8-5-12(6-9-13)7-10-14(16)15-4-2/h5-10H,3-4,11H2,1-2H3,(H,15,16)/b10-7+. The number of likely N-dealkylation sites (N-methyl/N-ethyl adjacent to an activating group) is 1. The second-order valence-corrected chi connectivity index (χ2v) is 3.65. The van der Waals surface area contributed by atoms with E-state index in [1.165, 1.54) is 6.08 Å². The fourth-order valence-electron chi connectivity index (χ4n) is 1.30. The lowest BCUT2D eigenvalue weighted by Gasteiger charge is -2.03. The lowest BCUT2D eigenvalue weighted by molar-refractivity contribution is -0.116. The Kier molecular flexibility index (Phi) is 5.86. The van der Waals surface area contributed by atoms with Crippen LogP contribution in [0.1, 0.15) is 25.8 Å². The number of ether oxygens (including phenoxy) is 1. The second-order valence-electron chi connectivity index (χ2n) is 3.65. The predicted molar refractivity (Wildman–Crippen MR) is 69.9 cm³/mol. The molecule has 0 heterocycles. The number of benzene rings is 1. The molecular weight excluding hydrogens is 214 g/mol. The first-order chi connectivity index (χ1) is 8.26. The summed E-state index contributed by atoms with van der Waals surface area (Å²) in [5.41, 5.74) is 0.986. The van der Waals surface area contributed by atoms with Gasteiger partial charge in [0.05, 0.1) is 6.61 Å². The van der Waals surface area contributed by atoms with Gasteiger partial charge >= 0.3 is 0 Å². The summed E-state index contributed by atoms with van der Waals surface area (Å²) in [4.78, 5) is 11.2. The minimum atomic E-state index is -0.0705. The molecule has 92 valence electrons. The molecule has 0 aliphatic heterocycles. The Labute approximate surface area is 102 Å². The summed E-state index contributed by atoms with van der Waals surface area (Å²) in [5, 5.41) is 2.70. The van der Waals surface area contributed by atoms with Gasteiger partial charge in [0.1, 0.15) is 5.75 Å². The molecule has 0 atom stereocenters. The number of carbonyl (C=O) groups excluding carboxylic acids is 1. The molecule has 0 fully saturated rings. The number of carbonyl (C=O) groups is 1. The minimum Gasteiger partial charge on any atom is -0.494 e. The van der Waals surface area contributed by atoms with Crippen LogP contribution >= 0.6 is 0 Å². The summed E-state index contributed by atoms with van der Waals surface area (Å²) < 4.78 is 5.47. The van der Waals surface area contributed by atoms with Crippen molar-refractivity contribution in [2.75, 3.05) is 13.2 Å². The number of amides is 1. The minimum absolute atomic E-state index is 0.0705. The number of nitrogens with one attached hydrogen (secondary N) is 1. The third-order valence-electron chi connectivity index (χ3n) is 2.13. The molecule has 0 bridgehead atoms. The van der Waals surface area contributed by atoms with Crippen LogP contribution in [0.3, 0.4) is 0 Å². The lowest BCUT2D eigenvalue weighted by Crippen LogP contribution is -2.19. The first kappa shape index (κ1) is 13.3. The molecule has 1 aromatic rings. The topological polar surface area (TPSA) is 38.3 Å². The quantitative estimate of drug-likeness (QED) is 0.767. The molecule has 17 heavy (non-hydrogen) atoms. The molecule has 0 spiro atoms. The zero-order chi connectivity index (χ0) is 12.5. The van der Waals surface area contributed by atoms with Crippen LogP contribution in [0.5, 0.6) is 5.75 Å². The van der Waals surface area contributed by atoms with Crippen molar-refractivity contribution in [3.8, 4) is 5.75 Å². The molecule has 0 radical (unpaired) electrons. The third-order valence-corrected chi connectivity index (χ3v) is 2.13. The van der Waals surface area contributed by atoms with Gasteiger partial charge in [-0.15, -0.1) is 0 Å². The van der Waals surface area contributed by atoms with Crippen molar-refractivity contribution in [3.63, 3.8) is 0 Å². The highest BCUT2D eigenvalue weighted by Gasteiger charge is 1.94. The fourth-order valence-corrected chi connectivity index (χ4v) is 1.30. The van der Waals surface area contributed by atoms with E-state index >= 15 is 0 Å². The van der Waals surface area contributed by atoms with Gasteiger partial charge in [-0.25, -0.2) is 0 Å². The number of hydrogen-bond acceptors (Lipinski definition) is 2. The van der Waals surface area contributed by atoms with Crippen molar-refractivity contribution in [1.82, 2.24) is 5.32 Å². The Bertz CT molecular complexity index is 368. The Balaban J connectivity index is 2.53. The van der Waals surface area contributed by atoms with E-state index in [1.807, 2.05) is 31.2 Å². The zero-order valence-corrected chi connectivity index (χ0v) is 10.4. The van der Waals surface area contributed by atoms with Gasteiger partial charge < -0.3 is 10.1 Å². The molecule has 1 rings (SSSR count). The molecule has 1 aromatic carbocycles. The van der Waals surface area contributed by atoms with E-state index in [0.717, 1.165) is 24.3 Å². The fraction of sp³-hybridized carbons (Fsp3) is 0.357. The van der Waals surface area contributed by atoms with E-state index in [4.69, 9.17) is 4.74 Å². The van der Waals surface area contributed by atoms with Gasteiger partial charge in [-0.05, 0) is 37.1 Å². The SMILES string of the molecule is CCCOc1ccc(/C=C/C(=O)NCC)cc1. The van der Waals surface area contributed by atoms with Crippen LogP contribution in [0.4, 0.5) is 0 Å². The summed E-state index contributed by atoms with van der Waals surface area (Å²) in [7, 11) is 0. The number of hydrogen-bond donors (Lipinski definition) is 1. The summed E-state index contributed by atoms with van der Waals surface area (Å²) >= 11 is 0. The molecule has 0 aliphatic rings. The molecule has 0 saturated carbocycles. The maximum Gasteiger partial charge on any atom is 0.243 e. The normalized spacial score (nSPS) is 10.5. The molecule has 1 N–H and O–H groups in total. The van der Waals surface area contributed by atoms with Gasteiger partial charge in [-0.2, -0.15) is 0 Å². The molecule has 0 aliphatic carbocycles. The first-order valence-corrected chi connectivity index (χ1v) is 5.95. The molecule has 0 aromatic heterocycles. The summed E-state index contributed by atoms with van der Waals surface area (Å²) in [6.07, 6.45) is 4.32. The van der Waals surface area contributed by atoms with Crippen LogP contribution in [0.15, 0.2) is 30.3 Å². The van der Waals surface area contributed by atoms with Crippen LogP contribution in [-0.2, 0) is 4.79 Å². The molecular formula is C14H19NO2. The van der Waals surface area contributed by atoms with Gasteiger partial charge in [-0.3, -0.25) is 4.79 Å². The molecule has 3 heteroatoms. The average molecular weight is 233 g/mol. The van der Waals surface area contributed by atoms with E-state index in [0.29, 0.717) is 6.54 Å². The van der Waals surface area contributed by atoms with E-state index in [-0.39, 0.29) is 5.91 Å². The van der Waals surface area contributed by atoms with Gasteiger partial charge in [0.25, 0.3) is 0 Å². The molecule has 0 saturated heterocycles. The molecule has 0 unspecified atom stereocenters. The summed E-state index contributed by atoms with van der Waals surface area (Å²) in [6, 6.07) is 7.68. The van der Waals surface area contributed by atoms with Crippen molar-refractivity contribution < 1.29 is 9.53 Å². The highest BCUT2D eigenvalue weighted by Crippen LogP contribution is 2.13. The highest BCUT2D eigenvalue weighted by molar-refractivity contribution is 5.91. The molecule has 1 amide bonds. The van der Waals surface area contributed by atoms with Crippen molar-refractivity contribution in [3.05, 3.63) is 35.9 Å². The van der Waals surface area contributed by atoms with Gasteiger partial charge in [0.15, 0.2) is 0 Å². The van der Waals surface area contributed by atoms with E-state index < -0.39 is 0 Å². The third kappa shape index (κ3) is 5.20. The monoisotopic (exact) mass is 233 g/mol. The Morgan fingerprint density at radius 3 is 2.59 bits per heavy atom. The van der Waals surface area contributed by atoms with Crippen LogP contribution in [-0.4, -0.2) is 19.1 Å². The van der Waals surface area contributed by atoms with Crippen molar-refractivity contribution >= 4 is 12.0 Å². The van der Waals surface area contributed by atoms with E-state index in [9.17, 15) is 4.79 Å². The van der Waals surface area contributed by atoms with Gasteiger partial charge in [0, 0.05) is 12.6 Å². The van der Waals surface area contributed by atoms with Crippen LogP contribution in [0, 0.1) is 0 Å². The average Bonchev–Trinajstić information content (AvgIpc) is 2.35. The Morgan fingerprint density at radius 1 is 1.29 bits per heavy atom. The van der Waals surface area contributed by atoms with Crippen molar-refractivity contribution in [2.24, 2.45) is 0 Å². The Morgan fingerprint density at radius 2 is 2.00 bits per heavy atom. The van der Waals surface area contributed by atoms with Crippen LogP contribution < -0.4 is 10.1 Å². The maximum absolute atomic E-state index is 11.2. The summed E-state index contributed by atoms with van der Waals surface area (Å²) in [5.74, 6) is 0.792. The van der Waals surface area contributed by atoms with Gasteiger partial charge in [0.2, 0.25) is 5.91 Å². The summed E-state index contributed by atoms with van der Waals surface area (Å²) in [6.45, 7) is 5.34. The van der Waals surface area contributed by atoms with E-state index in [2.05, 4.69) is 12.2 Å². The maximum atomic E-state index is 11.2. The number of rotatable bonds is 6. The van der Waals surface area contributed by atoms with E-state index in [1.54, 1.807) is 6.08 Å². The molecule has 3 nitrogen and oxygen atoms in total. The lowest BCUT2D eigenvalue weighted by atomic mass is 10.2.